The quantitative estimate of drug-likeness (QED) is 0.390. The normalized spacial score (nSPS) is 19.0. The number of hydrogen-bond donors (Lipinski definition) is 0. The van der Waals surface area contributed by atoms with Crippen molar-refractivity contribution in [2.75, 3.05) is 24.5 Å². The van der Waals surface area contributed by atoms with Crippen molar-refractivity contribution in [1.29, 1.82) is 0 Å². The molecule has 4 heterocycles. The maximum absolute atomic E-state index is 14.6. The number of amides is 1. The van der Waals surface area contributed by atoms with Crippen molar-refractivity contribution in [3.8, 4) is 0 Å². The third-order valence-electron chi connectivity index (χ3n) is 6.47. The molecule has 1 aromatic carbocycles. The highest BCUT2D eigenvalue weighted by molar-refractivity contribution is 6.31. The Morgan fingerprint density at radius 2 is 1.79 bits per heavy atom. The van der Waals surface area contributed by atoms with Crippen LogP contribution >= 0.6 is 11.6 Å². The van der Waals surface area contributed by atoms with Gasteiger partial charge in [0.1, 0.15) is 10.8 Å². The monoisotopic (exact) mass is 477 g/mol. The maximum atomic E-state index is 14.6. The molecule has 2 fully saturated rings. The van der Waals surface area contributed by atoms with Crippen LogP contribution in [0.4, 0.5) is 19.0 Å². The SMILES string of the molecule is Cc1cn2nc(C3CCCCN3C(=O)c3cc(F)c(F)c(Cl)c3F)cc2nc1N1CCCC1. The van der Waals surface area contributed by atoms with Gasteiger partial charge in [0.05, 0.1) is 17.3 Å². The zero-order chi connectivity index (χ0) is 23.3. The molecule has 1 amide bonds. The van der Waals surface area contributed by atoms with Gasteiger partial charge >= 0.3 is 0 Å². The topological polar surface area (TPSA) is 53.7 Å². The van der Waals surface area contributed by atoms with Crippen LogP contribution < -0.4 is 4.90 Å². The highest BCUT2D eigenvalue weighted by Crippen LogP contribution is 2.34. The number of benzene rings is 1. The molecule has 33 heavy (non-hydrogen) atoms. The number of anilines is 1. The molecule has 0 spiro atoms. The Balaban J connectivity index is 1.50. The molecular weight excluding hydrogens is 455 g/mol. The Kier molecular flexibility index (Phi) is 5.68. The number of aryl methyl sites for hydroxylation is 1. The summed E-state index contributed by atoms with van der Waals surface area (Å²) in [5, 5.41) is 3.63. The van der Waals surface area contributed by atoms with E-state index < -0.39 is 40.0 Å². The van der Waals surface area contributed by atoms with Crippen molar-refractivity contribution in [3.63, 3.8) is 0 Å². The van der Waals surface area contributed by atoms with Crippen molar-refractivity contribution >= 4 is 29.0 Å². The first-order chi connectivity index (χ1) is 15.8. The summed E-state index contributed by atoms with van der Waals surface area (Å²) in [7, 11) is 0. The van der Waals surface area contributed by atoms with Gasteiger partial charge in [0.15, 0.2) is 23.1 Å². The molecule has 2 saturated heterocycles. The van der Waals surface area contributed by atoms with Gasteiger partial charge in [0.25, 0.3) is 5.91 Å². The Morgan fingerprint density at radius 1 is 1.06 bits per heavy atom. The molecule has 6 nitrogen and oxygen atoms in total. The van der Waals surface area contributed by atoms with E-state index in [1.165, 1.54) is 4.90 Å². The van der Waals surface area contributed by atoms with E-state index in [9.17, 15) is 18.0 Å². The molecule has 1 unspecified atom stereocenters. The zero-order valence-electron chi connectivity index (χ0n) is 18.1. The lowest BCUT2D eigenvalue weighted by atomic mass is 9.98. The van der Waals surface area contributed by atoms with Gasteiger partial charge in [0.2, 0.25) is 0 Å². The third kappa shape index (κ3) is 3.82. The second-order valence-electron chi connectivity index (χ2n) is 8.67. The maximum Gasteiger partial charge on any atom is 0.257 e. The molecule has 2 aromatic heterocycles. The van der Waals surface area contributed by atoms with Crippen molar-refractivity contribution in [2.45, 2.75) is 45.1 Å². The number of aromatic nitrogens is 3. The Morgan fingerprint density at radius 3 is 2.55 bits per heavy atom. The first-order valence-corrected chi connectivity index (χ1v) is 11.5. The van der Waals surface area contributed by atoms with E-state index >= 15 is 0 Å². The van der Waals surface area contributed by atoms with Gasteiger partial charge in [-0.05, 0) is 45.1 Å². The molecule has 2 aliphatic heterocycles. The van der Waals surface area contributed by atoms with E-state index in [-0.39, 0.29) is 0 Å². The van der Waals surface area contributed by atoms with Crippen molar-refractivity contribution in [2.24, 2.45) is 0 Å². The van der Waals surface area contributed by atoms with Gasteiger partial charge < -0.3 is 9.80 Å². The van der Waals surface area contributed by atoms with E-state index in [2.05, 4.69) is 10.00 Å². The van der Waals surface area contributed by atoms with Crippen LogP contribution in [-0.2, 0) is 0 Å². The Bertz CT molecular complexity index is 1240. The van der Waals surface area contributed by atoms with Crippen molar-refractivity contribution < 1.29 is 18.0 Å². The third-order valence-corrected chi connectivity index (χ3v) is 6.80. The minimum Gasteiger partial charge on any atom is -0.356 e. The van der Waals surface area contributed by atoms with Crippen molar-refractivity contribution in [1.82, 2.24) is 19.5 Å². The fourth-order valence-electron chi connectivity index (χ4n) is 4.80. The molecule has 0 N–H and O–H groups in total. The first-order valence-electron chi connectivity index (χ1n) is 11.1. The van der Waals surface area contributed by atoms with Gasteiger partial charge in [-0.25, -0.2) is 22.7 Å². The van der Waals surface area contributed by atoms with E-state index in [0.717, 1.165) is 43.7 Å². The molecule has 174 valence electrons. The molecule has 0 bridgehead atoms. The largest absolute Gasteiger partial charge is 0.356 e. The van der Waals surface area contributed by atoms with Gasteiger partial charge in [-0.3, -0.25) is 4.79 Å². The second kappa shape index (κ2) is 8.52. The highest BCUT2D eigenvalue weighted by Gasteiger charge is 2.33. The lowest BCUT2D eigenvalue weighted by molar-refractivity contribution is 0.0600. The van der Waals surface area contributed by atoms with E-state index in [1.54, 1.807) is 4.52 Å². The number of halogens is 4. The summed E-state index contributed by atoms with van der Waals surface area (Å²) in [6.07, 6.45) is 6.39. The molecule has 0 saturated carbocycles. The van der Waals surface area contributed by atoms with Crippen LogP contribution in [0.3, 0.4) is 0 Å². The molecule has 3 aromatic rings. The fraction of sp³-hybridized carbons (Fsp3) is 0.435. The molecule has 1 atom stereocenters. The number of rotatable bonds is 3. The average Bonchev–Trinajstić information content (AvgIpc) is 3.49. The van der Waals surface area contributed by atoms with Crippen molar-refractivity contribution in [3.05, 3.63) is 57.6 Å². The van der Waals surface area contributed by atoms with Gasteiger partial charge in [-0.1, -0.05) is 11.6 Å². The Hall–Kier alpha value is -2.81. The number of nitrogens with zero attached hydrogens (tertiary/aromatic N) is 5. The van der Waals surface area contributed by atoms with Gasteiger partial charge in [-0.15, -0.1) is 0 Å². The molecule has 2 aliphatic rings. The predicted octanol–water partition coefficient (Wildman–Crippen LogP) is 5.08. The highest BCUT2D eigenvalue weighted by atomic mass is 35.5. The molecule has 0 aliphatic carbocycles. The summed E-state index contributed by atoms with van der Waals surface area (Å²) >= 11 is 5.57. The van der Waals surface area contributed by atoms with E-state index in [4.69, 9.17) is 16.6 Å². The second-order valence-corrected chi connectivity index (χ2v) is 9.05. The van der Waals surface area contributed by atoms with Crippen LogP contribution in [0.15, 0.2) is 18.3 Å². The van der Waals surface area contributed by atoms with Crippen LogP contribution in [0, 0.1) is 24.4 Å². The molecule has 5 rings (SSSR count). The number of carbonyl (C=O) groups excluding carboxylic acids is 1. The smallest absolute Gasteiger partial charge is 0.257 e. The lowest BCUT2D eigenvalue weighted by Gasteiger charge is -2.35. The van der Waals surface area contributed by atoms with Gasteiger partial charge in [0, 0.05) is 37.5 Å². The van der Waals surface area contributed by atoms with Crippen LogP contribution in [-0.4, -0.2) is 45.0 Å². The summed E-state index contributed by atoms with van der Waals surface area (Å²) in [4.78, 5) is 21.7. The summed E-state index contributed by atoms with van der Waals surface area (Å²) in [5.41, 5.74) is 1.72. The minimum atomic E-state index is -1.50. The average molecular weight is 478 g/mol. The van der Waals surface area contributed by atoms with Crippen LogP contribution in [0.1, 0.15) is 59.8 Å². The predicted molar refractivity (Wildman–Crippen MR) is 118 cm³/mol. The number of likely N-dealkylation sites (tertiary alicyclic amines) is 1. The minimum absolute atomic E-state index is 0.346. The van der Waals surface area contributed by atoms with Crippen LogP contribution in [0.5, 0.6) is 0 Å². The number of piperidine rings is 1. The molecule has 0 radical (unpaired) electrons. The lowest BCUT2D eigenvalue weighted by Crippen LogP contribution is -2.39. The number of hydrogen-bond acceptors (Lipinski definition) is 4. The summed E-state index contributed by atoms with van der Waals surface area (Å²) in [6.45, 7) is 4.28. The molecular formula is C23H23ClF3N5O. The zero-order valence-corrected chi connectivity index (χ0v) is 18.9. The first kappa shape index (κ1) is 22.0. The fourth-order valence-corrected chi connectivity index (χ4v) is 4.99. The van der Waals surface area contributed by atoms with E-state index in [0.29, 0.717) is 36.8 Å². The number of carbonyl (C=O) groups is 1. The summed E-state index contributed by atoms with van der Waals surface area (Å²) in [5.74, 6) is -3.93. The summed E-state index contributed by atoms with van der Waals surface area (Å²) < 4.78 is 43.8. The standard InChI is InChI=1S/C23H23ClF3N5O/c1-13-12-32-18(28-22(13)30-7-4-5-8-30)11-16(29-32)17-6-2-3-9-31(17)23(33)14-10-15(25)21(27)19(24)20(14)26/h10-12,17H,2-9H2,1H3. The van der Waals surface area contributed by atoms with Gasteiger partial charge in [-0.2, -0.15) is 5.10 Å². The van der Waals surface area contributed by atoms with Crippen LogP contribution in [0.2, 0.25) is 5.02 Å². The molecule has 10 heteroatoms. The number of fused-ring (bicyclic) bond motifs is 1. The van der Waals surface area contributed by atoms with E-state index in [1.807, 2.05) is 19.2 Å². The Labute approximate surface area is 193 Å². The summed E-state index contributed by atoms with van der Waals surface area (Å²) in [6, 6.07) is 1.97. The van der Waals surface area contributed by atoms with Crippen LogP contribution in [0.25, 0.3) is 5.65 Å².